The van der Waals surface area contributed by atoms with Crippen LogP contribution in [0.3, 0.4) is 0 Å². The number of imidazole rings is 1. The number of fused-ring (bicyclic) bond motifs is 1. The molecule has 0 aliphatic heterocycles. The third-order valence-corrected chi connectivity index (χ3v) is 5.36. The summed E-state index contributed by atoms with van der Waals surface area (Å²) in [5, 5.41) is 10.1. The molecule has 2 aromatic carbocycles. The number of aliphatic hydroxyl groups is 1. The Kier molecular flexibility index (Phi) is 6.40. The molecule has 1 unspecified atom stereocenters. The van der Waals surface area contributed by atoms with Gasteiger partial charge >= 0.3 is 0 Å². The van der Waals surface area contributed by atoms with E-state index in [0.717, 1.165) is 42.0 Å². The van der Waals surface area contributed by atoms with Gasteiger partial charge in [0.05, 0.1) is 17.6 Å². The third-order valence-electron chi connectivity index (χ3n) is 5.36. The van der Waals surface area contributed by atoms with Crippen molar-refractivity contribution in [3.05, 3.63) is 58.9 Å². The number of unbranched alkanes of at least 4 members (excludes halogenated alkanes) is 1. The lowest BCUT2D eigenvalue weighted by molar-refractivity contribution is 0.184. The van der Waals surface area contributed by atoms with E-state index in [1.807, 2.05) is 0 Å². The Bertz CT molecular complexity index is 924. The third kappa shape index (κ3) is 4.56. The topological polar surface area (TPSA) is 47.3 Å². The van der Waals surface area contributed by atoms with Crippen molar-refractivity contribution in [1.29, 1.82) is 0 Å². The van der Waals surface area contributed by atoms with Crippen LogP contribution in [0.15, 0.2) is 36.4 Å². The van der Waals surface area contributed by atoms with Crippen molar-refractivity contribution in [2.24, 2.45) is 0 Å². The minimum Gasteiger partial charge on any atom is -0.494 e. The predicted octanol–water partition coefficient (Wildman–Crippen LogP) is 5.69. The van der Waals surface area contributed by atoms with E-state index in [0.29, 0.717) is 12.5 Å². The molecular weight excluding hydrogens is 348 g/mol. The van der Waals surface area contributed by atoms with Gasteiger partial charge in [0.15, 0.2) is 0 Å². The van der Waals surface area contributed by atoms with Crippen molar-refractivity contribution in [2.45, 2.75) is 66.0 Å². The predicted molar refractivity (Wildman–Crippen MR) is 115 cm³/mol. The standard InChI is InChI=1S/C24H32N2O2/c1-16(2)20-8-10-21(11-9-20)28-13-7-6-12-26-23-15-18(4)17(3)14-22(23)25-24(26)19(5)27/h8-11,14-16,19,27H,6-7,12-13H2,1-5H3. The first kappa shape index (κ1) is 20.4. The first-order valence-corrected chi connectivity index (χ1v) is 10.2. The maximum atomic E-state index is 10.1. The molecule has 1 aromatic heterocycles. The zero-order chi connectivity index (χ0) is 20.3. The summed E-state index contributed by atoms with van der Waals surface area (Å²) in [7, 11) is 0. The highest BCUT2D eigenvalue weighted by Gasteiger charge is 2.15. The molecule has 150 valence electrons. The fourth-order valence-corrected chi connectivity index (χ4v) is 3.46. The van der Waals surface area contributed by atoms with E-state index in [-0.39, 0.29) is 0 Å². The number of hydrogen-bond acceptors (Lipinski definition) is 3. The number of rotatable bonds is 8. The van der Waals surface area contributed by atoms with E-state index < -0.39 is 6.10 Å². The number of aromatic nitrogens is 2. The van der Waals surface area contributed by atoms with E-state index >= 15 is 0 Å². The van der Waals surface area contributed by atoms with Crippen molar-refractivity contribution in [3.63, 3.8) is 0 Å². The summed E-state index contributed by atoms with van der Waals surface area (Å²) < 4.78 is 8.04. The summed E-state index contributed by atoms with van der Waals surface area (Å²) in [6.45, 7) is 11.9. The lowest BCUT2D eigenvalue weighted by atomic mass is 10.0. The number of aliphatic hydroxyl groups excluding tert-OH is 1. The van der Waals surface area contributed by atoms with Crippen LogP contribution in [0.4, 0.5) is 0 Å². The fourth-order valence-electron chi connectivity index (χ4n) is 3.46. The Balaban J connectivity index is 1.60. The molecule has 1 atom stereocenters. The van der Waals surface area contributed by atoms with Gasteiger partial charge in [0, 0.05) is 6.54 Å². The zero-order valence-electron chi connectivity index (χ0n) is 17.7. The van der Waals surface area contributed by atoms with Crippen molar-refractivity contribution in [3.8, 4) is 5.75 Å². The number of ether oxygens (including phenoxy) is 1. The molecule has 0 spiro atoms. The molecule has 0 amide bonds. The highest BCUT2D eigenvalue weighted by atomic mass is 16.5. The van der Waals surface area contributed by atoms with E-state index in [1.165, 1.54) is 16.7 Å². The second-order valence-electron chi connectivity index (χ2n) is 8.00. The number of hydrogen-bond donors (Lipinski definition) is 1. The summed E-state index contributed by atoms with van der Waals surface area (Å²) in [5.41, 5.74) is 5.87. The molecule has 0 bridgehead atoms. The van der Waals surface area contributed by atoms with E-state index in [9.17, 15) is 5.11 Å². The molecule has 0 saturated carbocycles. The fraction of sp³-hybridized carbons (Fsp3) is 0.458. The van der Waals surface area contributed by atoms with Crippen LogP contribution in [0.1, 0.15) is 68.1 Å². The SMILES string of the molecule is Cc1cc2nc(C(C)O)n(CCCCOc3ccc(C(C)C)cc3)c2cc1C. The number of nitrogens with zero attached hydrogens (tertiary/aromatic N) is 2. The van der Waals surface area contributed by atoms with Crippen LogP contribution in [0.5, 0.6) is 5.75 Å². The van der Waals surface area contributed by atoms with E-state index in [1.54, 1.807) is 6.92 Å². The van der Waals surface area contributed by atoms with Crippen molar-refractivity contribution >= 4 is 11.0 Å². The normalized spacial score (nSPS) is 12.7. The van der Waals surface area contributed by atoms with Crippen molar-refractivity contribution in [2.75, 3.05) is 6.61 Å². The Morgan fingerprint density at radius 2 is 1.68 bits per heavy atom. The van der Waals surface area contributed by atoms with Gasteiger partial charge < -0.3 is 14.4 Å². The van der Waals surface area contributed by atoms with Crippen LogP contribution < -0.4 is 4.74 Å². The Morgan fingerprint density at radius 1 is 1.00 bits per heavy atom. The molecule has 3 aromatic rings. The highest BCUT2D eigenvalue weighted by molar-refractivity contribution is 5.78. The quantitative estimate of drug-likeness (QED) is 0.511. The highest BCUT2D eigenvalue weighted by Crippen LogP contribution is 2.25. The molecule has 0 saturated heterocycles. The summed E-state index contributed by atoms with van der Waals surface area (Å²) >= 11 is 0. The van der Waals surface area contributed by atoms with Crippen LogP contribution in [-0.4, -0.2) is 21.3 Å². The maximum Gasteiger partial charge on any atom is 0.138 e. The van der Waals surface area contributed by atoms with Gasteiger partial charge in [-0.05, 0) is 80.5 Å². The van der Waals surface area contributed by atoms with E-state index in [4.69, 9.17) is 4.74 Å². The molecule has 0 aliphatic carbocycles. The zero-order valence-corrected chi connectivity index (χ0v) is 17.7. The molecule has 3 rings (SSSR count). The van der Waals surface area contributed by atoms with Gasteiger partial charge in [-0.2, -0.15) is 0 Å². The average Bonchev–Trinajstić information content (AvgIpc) is 3.00. The minimum absolute atomic E-state index is 0.537. The van der Waals surface area contributed by atoms with Crippen molar-refractivity contribution in [1.82, 2.24) is 9.55 Å². The summed E-state index contributed by atoms with van der Waals surface area (Å²) in [4.78, 5) is 4.66. The lowest BCUT2D eigenvalue weighted by Crippen LogP contribution is -2.08. The van der Waals surface area contributed by atoms with Gasteiger partial charge in [-0.3, -0.25) is 0 Å². The smallest absolute Gasteiger partial charge is 0.138 e. The molecule has 1 N–H and O–H groups in total. The lowest BCUT2D eigenvalue weighted by Gasteiger charge is -2.12. The molecular formula is C24H32N2O2. The number of aryl methyl sites for hydroxylation is 3. The van der Waals surface area contributed by atoms with Gasteiger partial charge in [-0.15, -0.1) is 0 Å². The van der Waals surface area contributed by atoms with Crippen LogP contribution >= 0.6 is 0 Å². The first-order valence-electron chi connectivity index (χ1n) is 10.2. The van der Waals surface area contributed by atoms with E-state index in [2.05, 4.69) is 73.6 Å². The van der Waals surface area contributed by atoms with Gasteiger partial charge in [0.25, 0.3) is 0 Å². The Hall–Kier alpha value is -2.33. The molecule has 4 nitrogen and oxygen atoms in total. The molecule has 1 heterocycles. The molecule has 28 heavy (non-hydrogen) atoms. The van der Waals surface area contributed by atoms with Crippen LogP contribution in [0, 0.1) is 13.8 Å². The van der Waals surface area contributed by atoms with Crippen molar-refractivity contribution < 1.29 is 9.84 Å². The summed E-state index contributed by atoms with van der Waals surface area (Å²) in [6, 6.07) is 12.7. The molecule has 0 aliphatic rings. The Labute approximate surface area is 168 Å². The van der Waals surface area contributed by atoms with Gasteiger partial charge in [0.1, 0.15) is 17.7 Å². The van der Waals surface area contributed by atoms with Crippen LogP contribution in [0.2, 0.25) is 0 Å². The monoisotopic (exact) mass is 380 g/mol. The van der Waals surface area contributed by atoms with Crippen LogP contribution in [-0.2, 0) is 6.54 Å². The van der Waals surface area contributed by atoms with Gasteiger partial charge in [0.2, 0.25) is 0 Å². The van der Waals surface area contributed by atoms with Crippen LogP contribution in [0.25, 0.3) is 11.0 Å². The second-order valence-corrected chi connectivity index (χ2v) is 8.00. The minimum atomic E-state index is -0.580. The summed E-state index contributed by atoms with van der Waals surface area (Å²) in [6.07, 6.45) is 1.35. The molecule has 0 radical (unpaired) electrons. The number of benzene rings is 2. The molecule has 0 fully saturated rings. The maximum absolute atomic E-state index is 10.1. The van der Waals surface area contributed by atoms with Gasteiger partial charge in [-0.1, -0.05) is 26.0 Å². The van der Waals surface area contributed by atoms with Gasteiger partial charge in [-0.25, -0.2) is 4.98 Å². The Morgan fingerprint density at radius 3 is 2.32 bits per heavy atom. The largest absolute Gasteiger partial charge is 0.494 e. The molecule has 4 heteroatoms. The summed E-state index contributed by atoms with van der Waals surface area (Å²) in [5.74, 6) is 2.20. The second kappa shape index (κ2) is 8.78. The average molecular weight is 381 g/mol. The first-order chi connectivity index (χ1) is 13.4.